The zero-order chi connectivity index (χ0) is 27.7. The van der Waals surface area contributed by atoms with Gasteiger partial charge in [0.25, 0.3) is 5.91 Å². The standard InChI is InChI=1S/C29H32N6O4/c1-35(2)24-12-8-21(9-13-24)19-31-28(37)29(18-23-6-3-4-7-26(23)33-34-30)20-39-27(32-29)22-10-14-25(15-11-22)38-17-5-16-36/h3-4,6-15,36H,5,16-20H2,1-2H3,(H,31,37)/t29-/m1/s1. The monoisotopic (exact) mass is 528 g/mol. The number of ether oxygens (including phenoxy) is 2. The third kappa shape index (κ3) is 6.87. The molecule has 202 valence electrons. The quantitative estimate of drug-likeness (QED) is 0.154. The van der Waals surface area contributed by atoms with E-state index in [1.165, 1.54) is 0 Å². The van der Waals surface area contributed by atoms with Gasteiger partial charge in [0.1, 0.15) is 12.4 Å². The van der Waals surface area contributed by atoms with Gasteiger partial charge in [0.05, 0.1) is 6.61 Å². The third-order valence-corrected chi connectivity index (χ3v) is 6.39. The molecule has 0 spiro atoms. The van der Waals surface area contributed by atoms with Crippen LogP contribution in [0.2, 0.25) is 0 Å². The molecule has 0 aromatic heterocycles. The molecule has 1 aliphatic rings. The molecule has 10 nitrogen and oxygen atoms in total. The summed E-state index contributed by atoms with van der Waals surface area (Å²) in [6.07, 6.45) is 0.742. The van der Waals surface area contributed by atoms with E-state index in [9.17, 15) is 4.79 Å². The third-order valence-electron chi connectivity index (χ3n) is 6.39. The number of nitrogens with one attached hydrogen (secondary N) is 1. The molecule has 0 radical (unpaired) electrons. The van der Waals surface area contributed by atoms with Crippen molar-refractivity contribution in [3.63, 3.8) is 0 Å². The Morgan fingerprint density at radius 2 is 1.90 bits per heavy atom. The van der Waals surface area contributed by atoms with Gasteiger partial charge in [-0.2, -0.15) is 0 Å². The topological polar surface area (TPSA) is 132 Å². The number of hydrogen-bond acceptors (Lipinski definition) is 7. The predicted octanol–water partition coefficient (Wildman–Crippen LogP) is 4.53. The van der Waals surface area contributed by atoms with Crippen LogP contribution in [0.15, 0.2) is 82.9 Å². The number of aliphatic hydroxyl groups is 1. The molecule has 1 heterocycles. The smallest absolute Gasteiger partial charge is 0.252 e. The van der Waals surface area contributed by atoms with Crippen molar-refractivity contribution in [2.75, 3.05) is 38.8 Å². The minimum atomic E-state index is -1.25. The summed E-state index contributed by atoms with van der Waals surface area (Å²) in [6, 6.07) is 22.3. The van der Waals surface area contributed by atoms with Crippen LogP contribution in [0.3, 0.4) is 0 Å². The lowest BCUT2D eigenvalue weighted by atomic mass is 9.90. The summed E-state index contributed by atoms with van der Waals surface area (Å²) >= 11 is 0. The highest BCUT2D eigenvalue weighted by Gasteiger charge is 2.44. The Bertz CT molecular complexity index is 1350. The maximum Gasteiger partial charge on any atom is 0.252 e. The number of carbonyl (C=O) groups is 1. The molecule has 2 N–H and O–H groups in total. The lowest BCUT2D eigenvalue weighted by molar-refractivity contribution is -0.126. The molecule has 0 bridgehead atoms. The minimum absolute atomic E-state index is 0.0348. The fourth-order valence-corrected chi connectivity index (χ4v) is 4.21. The lowest BCUT2D eigenvalue weighted by Crippen LogP contribution is -2.48. The van der Waals surface area contributed by atoms with E-state index in [1.807, 2.05) is 67.5 Å². The molecule has 0 fully saturated rings. The second kappa shape index (κ2) is 12.8. The van der Waals surface area contributed by atoms with Gasteiger partial charge in [0.15, 0.2) is 5.54 Å². The summed E-state index contributed by atoms with van der Waals surface area (Å²) < 4.78 is 11.6. The highest BCUT2D eigenvalue weighted by Crippen LogP contribution is 2.31. The van der Waals surface area contributed by atoms with Gasteiger partial charge in [-0.05, 0) is 53.1 Å². The highest BCUT2D eigenvalue weighted by molar-refractivity contribution is 6.00. The molecule has 3 aromatic carbocycles. The second-order valence-electron chi connectivity index (χ2n) is 9.43. The van der Waals surface area contributed by atoms with E-state index in [0.29, 0.717) is 48.0 Å². The number of rotatable bonds is 12. The average molecular weight is 529 g/mol. The molecule has 0 saturated heterocycles. The van der Waals surface area contributed by atoms with Gasteiger partial charge in [0.2, 0.25) is 5.90 Å². The van der Waals surface area contributed by atoms with Gasteiger partial charge in [-0.3, -0.25) is 4.79 Å². The van der Waals surface area contributed by atoms with Crippen molar-refractivity contribution in [3.05, 3.63) is 99.9 Å². The first-order chi connectivity index (χ1) is 18.9. The van der Waals surface area contributed by atoms with Crippen LogP contribution < -0.4 is 15.0 Å². The zero-order valence-electron chi connectivity index (χ0n) is 22.1. The number of carbonyl (C=O) groups excluding carboxylic acids is 1. The summed E-state index contributed by atoms with van der Waals surface area (Å²) in [5.41, 5.74) is 11.6. The van der Waals surface area contributed by atoms with Gasteiger partial charge < -0.3 is 24.8 Å². The molecule has 0 saturated carbocycles. The van der Waals surface area contributed by atoms with Crippen molar-refractivity contribution in [2.45, 2.75) is 24.9 Å². The SMILES string of the molecule is CN(C)c1ccc(CNC(=O)[C@@]2(Cc3ccccc3N=[N+]=[N-])COC(c3ccc(OCCCO)cc3)=N2)cc1. The molecule has 10 heteroatoms. The van der Waals surface area contributed by atoms with Crippen molar-refractivity contribution in [2.24, 2.45) is 10.1 Å². The van der Waals surface area contributed by atoms with E-state index in [2.05, 4.69) is 15.3 Å². The number of amides is 1. The van der Waals surface area contributed by atoms with E-state index in [1.54, 1.807) is 24.3 Å². The van der Waals surface area contributed by atoms with Crippen LogP contribution in [0.5, 0.6) is 5.75 Å². The summed E-state index contributed by atoms with van der Waals surface area (Å²) in [5.74, 6) is 0.732. The zero-order valence-corrected chi connectivity index (χ0v) is 22.1. The Kier molecular flexibility index (Phi) is 9.04. The molecule has 0 unspecified atom stereocenters. The van der Waals surface area contributed by atoms with Crippen LogP contribution >= 0.6 is 0 Å². The molecule has 3 aromatic rings. The van der Waals surface area contributed by atoms with E-state index >= 15 is 0 Å². The van der Waals surface area contributed by atoms with Gasteiger partial charge in [-0.25, -0.2) is 4.99 Å². The first-order valence-electron chi connectivity index (χ1n) is 12.7. The van der Waals surface area contributed by atoms with Crippen LogP contribution in [0, 0.1) is 0 Å². The second-order valence-corrected chi connectivity index (χ2v) is 9.43. The van der Waals surface area contributed by atoms with Crippen LogP contribution in [0.1, 0.15) is 23.1 Å². The summed E-state index contributed by atoms with van der Waals surface area (Å²) in [6.45, 7) is 0.847. The Balaban J connectivity index is 1.59. The van der Waals surface area contributed by atoms with Crippen LogP contribution in [-0.2, 0) is 22.5 Å². The Morgan fingerprint density at radius 1 is 1.15 bits per heavy atom. The molecule has 39 heavy (non-hydrogen) atoms. The van der Waals surface area contributed by atoms with Crippen molar-refractivity contribution < 1.29 is 19.4 Å². The van der Waals surface area contributed by atoms with Gasteiger partial charge in [0, 0.05) is 61.9 Å². The molecular weight excluding hydrogens is 496 g/mol. The number of benzene rings is 3. The number of azide groups is 1. The van der Waals surface area contributed by atoms with E-state index < -0.39 is 5.54 Å². The maximum absolute atomic E-state index is 13.7. The average Bonchev–Trinajstić information content (AvgIpc) is 3.39. The number of aliphatic imine (C=N–C) groups is 1. The molecule has 1 amide bonds. The van der Waals surface area contributed by atoms with Crippen molar-refractivity contribution in [3.8, 4) is 5.75 Å². The predicted molar refractivity (Wildman–Crippen MR) is 150 cm³/mol. The molecule has 1 aliphatic heterocycles. The summed E-state index contributed by atoms with van der Waals surface area (Å²) in [7, 11) is 3.95. The number of hydrogen-bond donors (Lipinski definition) is 2. The molecule has 1 atom stereocenters. The number of nitrogens with zero attached hydrogens (tertiary/aromatic N) is 5. The Hall–Kier alpha value is -4.53. The molecular formula is C29H32N6O4. The number of aliphatic hydroxyl groups excluding tert-OH is 1. The first-order valence-corrected chi connectivity index (χ1v) is 12.7. The van der Waals surface area contributed by atoms with Crippen LogP contribution in [-0.4, -0.2) is 56.4 Å². The van der Waals surface area contributed by atoms with Crippen molar-refractivity contribution >= 4 is 23.2 Å². The van der Waals surface area contributed by atoms with Crippen molar-refractivity contribution in [1.29, 1.82) is 0 Å². The highest BCUT2D eigenvalue weighted by atomic mass is 16.5. The minimum Gasteiger partial charge on any atom is -0.494 e. The summed E-state index contributed by atoms with van der Waals surface area (Å²) in [4.78, 5) is 23.5. The Labute approximate surface area is 227 Å². The molecule has 4 rings (SSSR count). The number of anilines is 1. The summed E-state index contributed by atoms with van der Waals surface area (Å²) in [5, 5.41) is 15.8. The van der Waals surface area contributed by atoms with Gasteiger partial charge >= 0.3 is 0 Å². The normalized spacial score (nSPS) is 16.0. The van der Waals surface area contributed by atoms with Crippen molar-refractivity contribution in [1.82, 2.24) is 5.32 Å². The van der Waals surface area contributed by atoms with Gasteiger partial charge in [-0.1, -0.05) is 41.5 Å². The largest absolute Gasteiger partial charge is 0.494 e. The van der Waals surface area contributed by atoms with E-state index in [4.69, 9.17) is 25.1 Å². The first kappa shape index (κ1) is 27.5. The lowest BCUT2D eigenvalue weighted by Gasteiger charge is -2.24. The van der Waals surface area contributed by atoms with Crippen LogP contribution in [0.4, 0.5) is 11.4 Å². The van der Waals surface area contributed by atoms with E-state index in [0.717, 1.165) is 11.3 Å². The van der Waals surface area contributed by atoms with Crippen LogP contribution in [0.25, 0.3) is 10.4 Å². The maximum atomic E-state index is 13.7. The molecule has 0 aliphatic carbocycles. The fourth-order valence-electron chi connectivity index (χ4n) is 4.21. The fraction of sp³-hybridized carbons (Fsp3) is 0.310. The Morgan fingerprint density at radius 3 is 2.59 bits per heavy atom. The van der Waals surface area contributed by atoms with E-state index in [-0.39, 0.29) is 25.5 Å². The van der Waals surface area contributed by atoms with Gasteiger partial charge in [-0.15, -0.1) is 0 Å².